The van der Waals surface area contributed by atoms with E-state index in [-0.39, 0.29) is 17.9 Å². The first-order chi connectivity index (χ1) is 15.9. The Morgan fingerprint density at radius 2 is 1.45 bits per heavy atom. The third kappa shape index (κ3) is 8.31. The summed E-state index contributed by atoms with van der Waals surface area (Å²) in [6.45, 7) is 6.32. The van der Waals surface area contributed by atoms with Crippen molar-refractivity contribution in [1.29, 1.82) is 0 Å². The second kappa shape index (κ2) is 13.8. The summed E-state index contributed by atoms with van der Waals surface area (Å²) in [6.07, 6.45) is 1.39. The van der Waals surface area contributed by atoms with Gasteiger partial charge in [-0.3, -0.25) is 9.59 Å². The van der Waals surface area contributed by atoms with Crippen molar-refractivity contribution in [2.75, 3.05) is 20.0 Å². The second-order valence-electron chi connectivity index (χ2n) is 7.95. The maximum absolute atomic E-state index is 13.3. The van der Waals surface area contributed by atoms with E-state index in [0.29, 0.717) is 24.5 Å². The summed E-state index contributed by atoms with van der Waals surface area (Å²) < 4.78 is 10.4. The molecule has 2 atom stereocenters. The van der Waals surface area contributed by atoms with Crippen LogP contribution in [0, 0.1) is 0 Å². The number of carbonyl (C=O) groups excluding carboxylic acids is 2. The van der Waals surface area contributed by atoms with Crippen molar-refractivity contribution < 1.29 is 19.1 Å². The van der Waals surface area contributed by atoms with Gasteiger partial charge < -0.3 is 19.7 Å². The van der Waals surface area contributed by atoms with E-state index in [1.807, 2.05) is 69.3 Å². The van der Waals surface area contributed by atoms with Gasteiger partial charge in [0.25, 0.3) is 0 Å². The number of hydrogen-bond acceptors (Lipinski definition) is 5. The molecule has 2 amide bonds. The molecule has 33 heavy (non-hydrogen) atoms. The van der Waals surface area contributed by atoms with Crippen molar-refractivity contribution in [2.24, 2.45) is 0 Å². The minimum absolute atomic E-state index is 0.0459. The zero-order valence-corrected chi connectivity index (χ0v) is 21.1. The van der Waals surface area contributed by atoms with E-state index in [1.165, 1.54) is 0 Å². The van der Waals surface area contributed by atoms with Crippen LogP contribution in [-0.4, -0.2) is 48.8 Å². The lowest BCUT2D eigenvalue weighted by Gasteiger charge is -2.31. The van der Waals surface area contributed by atoms with Crippen LogP contribution in [-0.2, 0) is 21.9 Å². The fourth-order valence-electron chi connectivity index (χ4n) is 3.35. The molecule has 2 aromatic rings. The van der Waals surface area contributed by atoms with E-state index in [0.717, 1.165) is 29.0 Å². The van der Waals surface area contributed by atoms with E-state index >= 15 is 0 Å². The van der Waals surface area contributed by atoms with Crippen molar-refractivity contribution in [1.82, 2.24) is 10.2 Å². The van der Waals surface area contributed by atoms with Crippen molar-refractivity contribution >= 4 is 23.6 Å². The van der Waals surface area contributed by atoms with Crippen molar-refractivity contribution in [3.8, 4) is 11.5 Å². The van der Waals surface area contributed by atoms with E-state index in [1.54, 1.807) is 30.9 Å². The van der Waals surface area contributed by atoms with Crippen LogP contribution in [0.1, 0.15) is 44.7 Å². The molecule has 2 rings (SSSR count). The summed E-state index contributed by atoms with van der Waals surface area (Å²) in [5, 5.41) is 3.04. The van der Waals surface area contributed by atoms with Gasteiger partial charge in [0.1, 0.15) is 17.5 Å². The average molecular weight is 473 g/mol. The molecular weight excluding hydrogens is 436 g/mol. The van der Waals surface area contributed by atoms with Gasteiger partial charge in [-0.05, 0) is 55.2 Å². The lowest BCUT2D eigenvalue weighted by atomic mass is 10.1. The molecule has 0 saturated heterocycles. The van der Waals surface area contributed by atoms with Crippen LogP contribution in [0.5, 0.6) is 11.5 Å². The molecule has 0 fully saturated rings. The fraction of sp³-hybridized carbons (Fsp3) is 0.462. The van der Waals surface area contributed by atoms with Crippen LogP contribution in [0.15, 0.2) is 48.5 Å². The maximum atomic E-state index is 13.3. The predicted molar refractivity (Wildman–Crippen MR) is 135 cm³/mol. The number of thioether (sulfide) groups is 1. The van der Waals surface area contributed by atoms with Gasteiger partial charge in [0.15, 0.2) is 0 Å². The summed E-state index contributed by atoms with van der Waals surface area (Å²) in [6, 6.07) is 15.0. The van der Waals surface area contributed by atoms with Gasteiger partial charge in [0.05, 0.1) is 20.0 Å². The number of methoxy groups -OCH3 is 2. The Morgan fingerprint density at radius 3 is 1.94 bits per heavy atom. The molecule has 0 bridgehead atoms. The number of hydrogen-bond donors (Lipinski definition) is 1. The molecule has 0 heterocycles. The SMILES string of the molecule is CC[C@H](C(=O)N[C@@H](C)CC)N(Cc1ccc(OC)cc1)C(=O)CSCc1ccc(OC)cc1. The number of carbonyl (C=O) groups is 2. The average Bonchev–Trinajstić information content (AvgIpc) is 2.84. The third-order valence-corrected chi connectivity index (χ3v) is 6.54. The Morgan fingerprint density at radius 1 is 0.909 bits per heavy atom. The monoisotopic (exact) mass is 472 g/mol. The van der Waals surface area contributed by atoms with Gasteiger partial charge in [-0.1, -0.05) is 38.1 Å². The van der Waals surface area contributed by atoms with Gasteiger partial charge in [-0.25, -0.2) is 0 Å². The third-order valence-electron chi connectivity index (χ3n) is 5.55. The van der Waals surface area contributed by atoms with Gasteiger partial charge in [0, 0.05) is 18.3 Å². The molecule has 180 valence electrons. The number of ether oxygens (including phenoxy) is 2. The summed E-state index contributed by atoms with van der Waals surface area (Å²) >= 11 is 1.55. The molecule has 0 aromatic heterocycles. The molecule has 0 spiro atoms. The van der Waals surface area contributed by atoms with Crippen molar-refractivity contribution in [2.45, 2.75) is 58.0 Å². The van der Waals surface area contributed by atoms with Crippen LogP contribution in [0.25, 0.3) is 0 Å². The molecule has 6 nitrogen and oxygen atoms in total. The highest BCUT2D eigenvalue weighted by Gasteiger charge is 2.29. The molecule has 0 aliphatic heterocycles. The first-order valence-corrected chi connectivity index (χ1v) is 12.5. The van der Waals surface area contributed by atoms with E-state index in [4.69, 9.17) is 9.47 Å². The first-order valence-electron chi connectivity index (χ1n) is 11.3. The molecule has 0 unspecified atom stereocenters. The smallest absolute Gasteiger partial charge is 0.243 e. The molecule has 2 aromatic carbocycles. The quantitative estimate of drug-likeness (QED) is 0.459. The summed E-state index contributed by atoms with van der Waals surface area (Å²) in [5.41, 5.74) is 2.08. The maximum Gasteiger partial charge on any atom is 0.243 e. The standard InChI is InChI=1S/C26H36N2O4S/c1-6-19(3)27-26(30)24(7-2)28(16-20-8-12-22(31-4)13-9-20)25(29)18-33-17-21-10-14-23(32-5)15-11-21/h8-15,19,24H,6-7,16-18H2,1-5H3,(H,27,30)/t19-,24+/m0/s1. The number of nitrogens with one attached hydrogen (secondary N) is 1. The van der Waals surface area contributed by atoms with Crippen molar-refractivity contribution in [3.63, 3.8) is 0 Å². The Balaban J connectivity index is 2.12. The molecular formula is C26H36N2O4S. The highest BCUT2D eigenvalue weighted by atomic mass is 32.2. The van der Waals surface area contributed by atoms with Crippen LogP contribution >= 0.6 is 11.8 Å². The van der Waals surface area contributed by atoms with Gasteiger partial charge in [-0.15, -0.1) is 11.8 Å². The van der Waals surface area contributed by atoms with Crippen LogP contribution in [0.3, 0.4) is 0 Å². The van der Waals surface area contributed by atoms with Gasteiger partial charge in [-0.2, -0.15) is 0 Å². The Labute approximate surface area is 202 Å². The zero-order chi connectivity index (χ0) is 24.2. The number of rotatable bonds is 13. The second-order valence-corrected chi connectivity index (χ2v) is 8.94. The Bertz CT molecular complexity index is 871. The number of amides is 2. The van der Waals surface area contributed by atoms with Gasteiger partial charge in [0.2, 0.25) is 11.8 Å². The highest BCUT2D eigenvalue weighted by Crippen LogP contribution is 2.20. The van der Waals surface area contributed by atoms with Gasteiger partial charge >= 0.3 is 0 Å². The minimum atomic E-state index is -0.518. The molecule has 0 saturated carbocycles. The largest absolute Gasteiger partial charge is 0.497 e. The van der Waals surface area contributed by atoms with Crippen LogP contribution in [0.4, 0.5) is 0 Å². The summed E-state index contributed by atoms with van der Waals surface area (Å²) in [4.78, 5) is 28.0. The van der Waals surface area contributed by atoms with Crippen LogP contribution < -0.4 is 14.8 Å². The van der Waals surface area contributed by atoms with Crippen LogP contribution in [0.2, 0.25) is 0 Å². The lowest BCUT2D eigenvalue weighted by molar-refractivity contribution is -0.139. The normalized spacial score (nSPS) is 12.5. The highest BCUT2D eigenvalue weighted by molar-refractivity contribution is 7.99. The molecule has 7 heteroatoms. The van der Waals surface area contributed by atoms with E-state index in [9.17, 15) is 9.59 Å². The zero-order valence-electron chi connectivity index (χ0n) is 20.3. The fourth-order valence-corrected chi connectivity index (χ4v) is 4.22. The summed E-state index contributed by atoms with van der Waals surface area (Å²) in [5.74, 6) is 2.43. The van der Waals surface area contributed by atoms with E-state index in [2.05, 4.69) is 5.32 Å². The lowest BCUT2D eigenvalue weighted by Crippen LogP contribution is -2.51. The summed E-state index contributed by atoms with van der Waals surface area (Å²) in [7, 11) is 3.26. The first kappa shape index (κ1) is 26.6. The van der Waals surface area contributed by atoms with E-state index < -0.39 is 6.04 Å². The molecule has 0 aliphatic carbocycles. The Kier molecular flexibility index (Phi) is 11.1. The van der Waals surface area contributed by atoms with Crippen molar-refractivity contribution in [3.05, 3.63) is 59.7 Å². The minimum Gasteiger partial charge on any atom is -0.497 e. The Hall–Kier alpha value is -2.67. The topological polar surface area (TPSA) is 67.9 Å². The molecule has 0 radical (unpaired) electrons. The molecule has 0 aliphatic rings. The number of nitrogens with zero attached hydrogens (tertiary/aromatic N) is 1. The molecule has 1 N–H and O–H groups in total. The number of benzene rings is 2. The predicted octanol–water partition coefficient (Wildman–Crippen LogP) is 4.66.